The maximum absolute atomic E-state index is 5.99. The topological polar surface area (TPSA) is 79.0 Å². The summed E-state index contributed by atoms with van der Waals surface area (Å²) >= 11 is 1.48. The van der Waals surface area contributed by atoms with Crippen LogP contribution in [0.4, 0.5) is 5.13 Å². The molecular weight excluding hydrogens is 384 g/mol. The van der Waals surface area contributed by atoms with E-state index in [9.17, 15) is 0 Å². The Labute approximate surface area is 175 Å². The second kappa shape index (κ2) is 7.42. The maximum atomic E-state index is 5.99. The lowest BCUT2D eigenvalue weighted by atomic mass is 9.79. The highest BCUT2D eigenvalue weighted by atomic mass is 32.1. The summed E-state index contributed by atoms with van der Waals surface area (Å²) in [5.74, 6) is 0.734. The number of ether oxygens (including phenoxy) is 1. The van der Waals surface area contributed by atoms with Gasteiger partial charge in [-0.3, -0.25) is 5.10 Å². The monoisotopic (exact) mass is 412 g/mol. The van der Waals surface area contributed by atoms with Crippen LogP contribution >= 0.6 is 11.3 Å². The predicted octanol–water partition coefficient (Wildman–Crippen LogP) is 4.47. The van der Waals surface area contributed by atoms with Gasteiger partial charge < -0.3 is 15.0 Å². The molecule has 7 nitrogen and oxygen atoms in total. The van der Waals surface area contributed by atoms with Crippen LogP contribution in [0, 0.1) is 0 Å². The number of anilines is 1. The zero-order valence-electron chi connectivity index (χ0n) is 17.6. The van der Waals surface area contributed by atoms with Gasteiger partial charge in [0.1, 0.15) is 5.75 Å². The lowest BCUT2D eigenvalue weighted by Crippen LogP contribution is -2.61. The van der Waals surface area contributed by atoms with Crippen LogP contribution in [-0.2, 0) is 0 Å². The van der Waals surface area contributed by atoms with E-state index in [1.54, 1.807) is 6.20 Å². The predicted molar refractivity (Wildman–Crippen MR) is 117 cm³/mol. The van der Waals surface area contributed by atoms with E-state index >= 15 is 0 Å². The Balaban J connectivity index is 1.48. The molecule has 3 heterocycles. The number of aromatic amines is 1. The van der Waals surface area contributed by atoms with Crippen molar-refractivity contribution in [1.82, 2.24) is 25.7 Å². The molecular formula is C21H28N6OS. The molecule has 1 saturated heterocycles. The van der Waals surface area contributed by atoms with Gasteiger partial charge in [0, 0.05) is 35.9 Å². The molecule has 3 aromatic rings. The summed E-state index contributed by atoms with van der Waals surface area (Å²) in [6.07, 6.45) is 5.75. The van der Waals surface area contributed by atoms with Crippen LogP contribution in [0.25, 0.3) is 11.1 Å². The molecule has 0 saturated carbocycles. The van der Waals surface area contributed by atoms with E-state index in [4.69, 9.17) is 4.74 Å². The third-order valence-electron chi connectivity index (χ3n) is 5.28. The van der Waals surface area contributed by atoms with Gasteiger partial charge in [0.15, 0.2) is 0 Å². The molecule has 0 unspecified atom stereocenters. The van der Waals surface area contributed by atoms with Crippen molar-refractivity contribution in [2.75, 3.05) is 11.9 Å². The number of aromatic nitrogens is 4. The summed E-state index contributed by atoms with van der Waals surface area (Å²) in [7, 11) is 2.10. The van der Waals surface area contributed by atoms with Crippen molar-refractivity contribution in [3.63, 3.8) is 0 Å². The quantitative estimate of drug-likeness (QED) is 0.644. The molecule has 0 aliphatic carbocycles. The van der Waals surface area contributed by atoms with Crippen molar-refractivity contribution in [2.24, 2.45) is 0 Å². The summed E-state index contributed by atoms with van der Waals surface area (Å²) in [4.78, 5) is 2.25. The molecule has 0 bridgehead atoms. The number of rotatable bonds is 5. The third-order valence-corrected chi connectivity index (χ3v) is 6.18. The number of benzene rings is 1. The smallest absolute Gasteiger partial charge is 0.301 e. The molecule has 2 aromatic heterocycles. The van der Waals surface area contributed by atoms with Crippen LogP contribution in [0.3, 0.4) is 0 Å². The molecule has 0 amide bonds. The second-order valence-corrected chi connectivity index (χ2v) is 9.95. The van der Waals surface area contributed by atoms with Gasteiger partial charge in [-0.05, 0) is 69.6 Å². The van der Waals surface area contributed by atoms with Crippen LogP contribution < -0.4 is 15.0 Å². The van der Waals surface area contributed by atoms with Gasteiger partial charge >= 0.3 is 5.19 Å². The van der Waals surface area contributed by atoms with E-state index in [1.165, 1.54) is 11.3 Å². The minimum Gasteiger partial charge on any atom is -0.430 e. The van der Waals surface area contributed by atoms with Crippen molar-refractivity contribution < 1.29 is 4.74 Å². The molecule has 2 N–H and O–H groups in total. The minimum atomic E-state index is 0.0816. The first-order valence-electron chi connectivity index (χ1n) is 9.84. The molecule has 1 fully saturated rings. The van der Waals surface area contributed by atoms with E-state index in [-0.39, 0.29) is 11.1 Å². The van der Waals surface area contributed by atoms with Crippen LogP contribution in [0.1, 0.15) is 40.5 Å². The van der Waals surface area contributed by atoms with E-state index in [1.807, 2.05) is 30.5 Å². The average Bonchev–Trinajstić information content (AvgIpc) is 3.31. The zero-order valence-corrected chi connectivity index (χ0v) is 18.4. The van der Waals surface area contributed by atoms with E-state index in [2.05, 4.69) is 65.4 Å². The Morgan fingerprint density at radius 3 is 2.55 bits per heavy atom. The van der Waals surface area contributed by atoms with Crippen LogP contribution in [0.15, 0.2) is 36.7 Å². The van der Waals surface area contributed by atoms with Crippen molar-refractivity contribution in [3.05, 3.63) is 36.7 Å². The van der Waals surface area contributed by atoms with Crippen molar-refractivity contribution in [2.45, 2.75) is 57.7 Å². The summed E-state index contributed by atoms with van der Waals surface area (Å²) in [5, 5.41) is 20.6. The highest BCUT2D eigenvalue weighted by Gasteiger charge is 2.39. The molecule has 1 aliphatic rings. The SMILES string of the molecule is CN(c1nnc(Oc2cccc(-c3cn[nH]c3)c2)s1)C1CC(C)(C)NC(C)(C)C1. The Morgan fingerprint density at radius 1 is 1.10 bits per heavy atom. The molecule has 4 rings (SSSR count). The number of nitrogens with one attached hydrogen (secondary N) is 2. The van der Waals surface area contributed by atoms with E-state index in [0.717, 1.165) is 34.8 Å². The summed E-state index contributed by atoms with van der Waals surface area (Å²) in [5.41, 5.74) is 2.22. The first-order chi connectivity index (χ1) is 13.7. The highest BCUT2D eigenvalue weighted by Crippen LogP contribution is 2.36. The Hall–Kier alpha value is -2.45. The Morgan fingerprint density at radius 2 is 1.86 bits per heavy atom. The Bertz CT molecular complexity index is 949. The van der Waals surface area contributed by atoms with Crippen molar-refractivity contribution in [1.29, 1.82) is 0 Å². The first kappa shape index (κ1) is 19.8. The fourth-order valence-corrected chi connectivity index (χ4v) is 5.08. The molecule has 0 atom stereocenters. The summed E-state index contributed by atoms with van der Waals surface area (Å²) in [6.45, 7) is 9.04. The number of hydrogen-bond acceptors (Lipinski definition) is 7. The van der Waals surface area contributed by atoms with Gasteiger partial charge in [0.05, 0.1) is 6.20 Å². The standard InChI is InChI=1S/C21H28N6OS/c1-20(2)10-16(11-21(3,4)26-20)27(5)18-24-25-19(29-18)28-17-8-6-7-14(9-17)15-12-22-23-13-15/h6-9,12-13,16,26H,10-11H2,1-5H3,(H,22,23). The van der Waals surface area contributed by atoms with Crippen molar-refractivity contribution in [3.8, 4) is 22.1 Å². The molecule has 1 aromatic carbocycles. The molecule has 0 spiro atoms. The summed E-state index contributed by atoms with van der Waals surface area (Å²) < 4.78 is 5.99. The molecule has 154 valence electrons. The molecule has 8 heteroatoms. The highest BCUT2D eigenvalue weighted by molar-refractivity contribution is 7.17. The normalized spacial score (nSPS) is 18.5. The number of nitrogens with zero attached hydrogens (tertiary/aromatic N) is 4. The Kier molecular flexibility index (Phi) is 5.08. The minimum absolute atomic E-state index is 0.0816. The lowest BCUT2D eigenvalue weighted by Gasteiger charge is -2.48. The zero-order chi connectivity index (χ0) is 20.6. The average molecular weight is 413 g/mol. The third kappa shape index (κ3) is 4.59. The summed E-state index contributed by atoms with van der Waals surface area (Å²) in [6, 6.07) is 8.29. The molecule has 1 aliphatic heterocycles. The van der Waals surface area contributed by atoms with Crippen LogP contribution in [0.2, 0.25) is 0 Å². The lowest BCUT2D eigenvalue weighted by molar-refractivity contribution is 0.161. The van der Waals surface area contributed by atoms with Gasteiger partial charge in [-0.15, -0.1) is 5.10 Å². The van der Waals surface area contributed by atoms with Gasteiger partial charge in [-0.1, -0.05) is 17.2 Å². The number of hydrogen-bond donors (Lipinski definition) is 2. The number of piperidine rings is 1. The van der Waals surface area contributed by atoms with Crippen LogP contribution in [-0.4, -0.2) is 44.6 Å². The largest absolute Gasteiger partial charge is 0.430 e. The van der Waals surface area contributed by atoms with Gasteiger partial charge in [0.2, 0.25) is 5.13 Å². The fraction of sp³-hybridized carbons (Fsp3) is 0.476. The van der Waals surface area contributed by atoms with Gasteiger partial charge in [-0.2, -0.15) is 5.10 Å². The van der Waals surface area contributed by atoms with Gasteiger partial charge in [-0.25, -0.2) is 0 Å². The van der Waals surface area contributed by atoms with Gasteiger partial charge in [0.25, 0.3) is 0 Å². The van der Waals surface area contributed by atoms with E-state index in [0.29, 0.717) is 11.2 Å². The second-order valence-electron chi connectivity index (χ2n) is 9.03. The van der Waals surface area contributed by atoms with Crippen molar-refractivity contribution >= 4 is 16.5 Å². The molecule has 29 heavy (non-hydrogen) atoms. The van der Waals surface area contributed by atoms with E-state index < -0.39 is 0 Å². The first-order valence-corrected chi connectivity index (χ1v) is 10.7. The van der Waals surface area contributed by atoms with Crippen LogP contribution in [0.5, 0.6) is 10.9 Å². The number of H-pyrrole nitrogens is 1. The fourth-order valence-electron chi connectivity index (χ4n) is 4.33. The maximum Gasteiger partial charge on any atom is 0.301 e. The molecule has 0 radical (unpaired) electrons.